The zero-order valence-corrected chi connectivity index (χ0v) is 12.3. The zero-order valence-electron chi connectivity index (χ0n) is 12.3. The molecule has 1 aromatic rings. The van der Waals surface area contributed by atoms with E-state index < -0.39 is 5.54 Å². The highest BCUT2D eigenvalue weighted by Gasteiger charge is 2.53. The van der Waals surface area contributed by atoms with Gasteiger partial charge < -0.3 is 10.6 Å². The molecule has 21 heavy (non-hydrogen) atoms. The number of hydrogen-bond acceptors (Lipinski definition) is 3. The normalized spacial score (nSPS) is 23.7. The Kier molecular flexibility index (Phi) is 2.96. The first-order valence-corrected chi connectivity index (χ1v) is 8.09. The molecule has 0 bridgehead atoms. The number of nitrogens with one attached hydrogen (secondary N) is 1. The molecule has 0 spiro atoms. The molecule has 112 valence electrons. The average molecular weight is 285 g/mol. The third kappa shape index (κ3) is 2.31. The van der Waals surface area contributed by atoms with Gasteiger partial charge in [-0.05, 0) is 49.7 Å². The van der Waals surface area contributed by atoms with E-state index in [1.165, 1.54) is 24.1 Å². The van der Waals surface area contributed by atoms with E-state index in [1.807, 2.05) is 0 Å². The Morgan fingerprint density at radius 2 is 2.05 bits per heavy atom. The lowest BCUT2D eigenvalue weighted by Gasteiger charge is -2.37. The lowest BCUT2D eigenvalue weighted by molar-refractivity contribution is -0.125. The van der Waals surface area contributed by atoms with E-state index in [-0.39, 0.29) is 5.91 Å². The van der Waals surface area contributed by atoms with Crippen LogP contribution in [-0.2, 0) is 11.2 Å². The van der Waals surface area contributed by atoms with Gasteiger partial charge in [0.05, 0.1) is 0 Å². The average Bonchev–Trinajstić information content (AvgIpc) is 3.37. The van der Waals surface area contributed by atoms with Gasteiger partial charge in [-0.15, -0.1) is 0 Å². The predicted octanol–water partition coefficient (Wildman–Crippen LogP) is 1.44. The van der Waals surface area contributed by atoms with E-state index in [4.69, 9.17) is 5.73 Å². The Bertz CT molecular complexity index is 565. The highest BCUT2D eigenvalue weighted by Crippen LogP contribution is 2.43. The summed E-state index contributed by atoms with van der Waals surface area (Å²) in [4.78, 5) is 14.7. The van der Waals surface area contributed by atoms with Crippen LogP contribution in [0.2, 0.25) is 0 Å². The molecule has 0 aromatic heterocycles. The summed E-state index contributed by atoms with van der Waals surface area (Å²) < 4.78 is 0. The number of fused-ring (bicyclic) bond motifs is 1. The van der Waals surface area contributed by atoms with Crippen LogP contribution in [0.15, 0.2) is 24.3 Å². The molecule has 1 aliphatic heterocycles. The summed E-state index contributed by atoms with van der Waals surface area (Å²) >= 11 is 0. The number of carbonyl (C=O) groups excluding carboxylic acids is 1. The number of anilines is 1. The van der Waals surface area contributed by atoms with Gasteiger partial charge in [0.2, 0.25) is 5.91 Å². The van der Waals surface area contributed by atoms with Gasteiger partial charge >= 0.3 is 0 Å². The molecule has 3 N–H and O–H groups in total. The van der Waals surface area contributed by atoms with Crippen molar-refractivity contribution >= 4 is 11.6 Å². The molecule has 2 aliphatic carbocycles. The van der Waals surface area contributed by atoms with Crippen molar-refractivity contribution in [3.05, 3.63) is 29.8 Å². The molecule has 0 radical (unpaired) electrons. The maximum Gasteiger partial charge on any atom is 0.239 e. The molecular formula is C17H23N3O. The minimum absolute atomic E-state index is 0.165. The molecule has 1 atom stereocenters. The fourth-order valence-corrected chi connectivity index (χ4v) is 3.68. The van der Waals surface area contributed by atoms with Crippen LogP contribution in [0.5, 0.6) is 0 Å². The van der Waals surface area contributed by atoms with Crippen molar-refractivity contribution in [1.29, 1.82) is 0 Å². The Morgan fingerprint density at radius 3 is 2.71 bits per heavy atom. The quantitative estimate of drug-likeness (QED) is 0.831. The zero-order chi connectivity index (χ0) is 14.4. The number of amides is 1. The van der Waals surface area contributed by atoms with Crippen molar-refractivity contribution in [3.63, 3.8) is 0 Å². The molecule has 4 heteroatoms. The first-order chi connectivity index (χ1) is 10.2. The summed E-state index contributed by atoms with van der Waals surface area (Å²) in [5, 5.41) is 3.61. The number of benzene rings is 1. The molecule has 2 fully saturated rings. The molecule has 1 heterocycles. The van der Waals surface area contributed by atoms with Crippen molar-refractivity contribution in [3.8, 4) is 0 Å². The maximum absolute atomic E-state index is 12.3. The van der Waals surface area contributed by atoms with E-state index in [2.05, 4.69) is 34.5 Å². The fourth-order valence-electron chi connectivity index (χ4n) is 3.68. The molecule has 4 rings (SSSR count). The number of hydrogen-bond donors (Lipinski definition) is 2. The smallest absolute Gasteiger partial charge is 0.239 e. The SMILES string of the molecule is NC(=O)C(CN1CCc2ccccc21)(NC1CC1)C1CC1. The molecule has 0 saturated heterocycles. The summed E-state index contributed by atoms with van der Waals surface area (Å²) in [6, 6.07) is 9.02. The highest BCUT2D eigenvalue weighted by atomic mass is 16.1. The van der Waals surface area contributed by atoms with Gasteiger partial charge in [-0.3, -0.25) is 10.1 Å². The van der Waals surface area contributed by atoms with E-state index in [1.54, 1.807) is 0 Å². The second-order valence-corrected chi connectivity index (χ2v) is 6.83. The van der Waals surface area contributed by atoms with Crippen LogP contribution >= 0.6 is 0 Å². The van der Waals surface area contributed by atoms with Crippen LogP contribution in [0.1, 0.15) is 31.2 Å². The lowest BCUT2D eigenvalue weighted by atomic mass is 9.91. The molecule has 1 unspecified atom stereocenters. The number of nitrogens with zero attached hydrogens (tertiary/aromatic N) is 1. The van der Waals surface area contributed by atoms with Gasteiger partial charge in [0.25, 0.3) is 0 Å². The van der Waals surface area contributed by atoms with Crippen LogP contribution < -0.4 is 16.0 Å². The van der Waals surface area contributed by atoms with Gasteiger partial charge in [-0.2, -0.15) is 0 Å². The van der Waals surface area contributed by atoms with Crippen molar-refractivity contribution in [2.45, 2.75) is 43.7 Å². The second-order valence-electron chi connectivity index (χ2n) is 6.83. The summed E-state index contributed by atoms with van der Waals surface area (Å²) in [6.07, 6.45) is 5.67. The van der Waals surface area contributed by atoms with E-state index in [0.717, 1.165) is 32.4 Å². The summed E-state index contributed by atoms with van der Waals surface area (Å²) in [5.41, 5.74) is 8.00. The minimum Gasteiger partial charge on any atom is -0.369 e. The highest BCUT2D eigenvalue weighted by molar-refractivity contribution is 5.87. The van der Waals surface area contributed by atoms with Crippen LogP contribution in [0.4, 0.5) is 5.69 Å². The van der Waals surface area contributed by atoms with E-state index in [9.17, 15) is 4.79 Å². The van der Waals surface area contributed by atoms with Gasteiger partial charge in [0, 0.05) is 24.8 Å². The monoisotopic (exact) mass is 285 g/mol. The molecule has 1 amide bonds. The fraction of sp³-hybridized carbons (Fsp3) is 0.588. The summed E-state index contributed by atoms with van der Waals surface area (Å²) in [6.45, 7) is 1.72. The standard InChI is InChI=1S/C17H23N3O/c18-16(21)17(13-5-6-13,19-14-7-8-14)11-20-10-9-12-3-1-2-4-15(12)20/h1-4,13-14,19H,5-11H2,(H2,18,21). The summed E-state index contributed by atoms with van der Waals surface area (Å²) in [7, 11) is 0. The number of primary amides is 1. The lowest BCUT2D eigenvalue weighted by Crippen LogP contribution is -2.63. The maximum atomic E-state index is 12.3. The number of carbonyl (C=O) groups is 1. The molecule has 4 nitrogen and oxygen atoms in total. The van der Waals surface area contributed by atoms with E-state index in [0.29, 0.717) is 12.0 Å². The predicted molar refractivity (Wildman–Crippen MR) is 83.2 cm³/mol. The van der Waals surface area contributed by atoms with Gasteiger partial charge in [-0.1, -0.05) is 18.2 Å². The van der Waals surface area contributed by atoms with Gasteiger partial charge in [0.1, 0.15) is 5.54 Å². The van der Waals surface area contributed by atoms with Crippen molar-refractivity contribution in [2.24, 2.45) is 11.7 Å². The molecular weight excluding hydrogens is 262 g/mol. The van der Waals surface area contributed by atoms with Gasteiger partial charge in [-0.25, -0.2) is 0 Å². The van der Waals surface area contributed by atoms with Crippen LogP contribution in [0, 0.1) is 5.92 Å². The minimum atomic E-state index is -0.529. The Labute approximate surface area is 125 Å². The first kappa shape index (κ1) is 13.1. The van der Waals surface area contributed by atoms with E-state index >= 15 is 0 Å². The topological polar surface area (TPSA) is 58.4 Å². The van der Waals surface area contributed by atoms with Crippen molar-refractivity contribution in [1.82, 2.24) is 5.32 Å². The summed E-state index contributed by atoms with van der Waals surface area (Å²) in [5.74, 6) is 0.254. The molecule has 1 aromatic carbocycles. The third-order valence-corrected chi connectivity index (χ3v) is 5.18. The number of nitrogens with two attached hydrogens (primary N) is 1. The largest absolute Gasteiger partial charge is 0.369 e. The first-order valence-electron chi connectivity index (χ1n) is 8.09. The molecule has 2 saturated carbocycles. The Morgan fingerprint density at radius 1 is 1.29 bits per heavy atom. The molecule has 3 aliphatic rings. The second kappa shape index (κ2) is 4.73. The Hall–Kier alpha value is -1.55. The number of rotatable bonds is 6. The van der Waals surface area contributed by atoms with Crippen LogP contribution in [-0.4, -0.2) is 30.6 Å². The Balaban J connectivity index is 1.61. The van der Waals surface area contributed by atoms with Gasteiger partial charge in [0.15, 0.2) is 0 Å². The van der Waals surface area contributed by atoms with Crippen LogP contribution in [0.3, 0.4) is 0 Å². The number of para-hydroxylation sites is 1. The van der Waals surface area contributed by atoms with Crippen molar-refractivity contribution in [2.75, 3.05) is 18.0 Å². The van der Waals surface area contributed by atoms with Crippen molar-refractivity contribution < 1.29 is 4.79 Å². The third-order valence-electron chi connectivity index (χ3n) is 5.18. The van der Waals surface area contributed by atoms with Crippen LogP contribution in [0.25, 0.3) is 0 Å².